The van der Waals surface area contributed by atoms with Crippen LogP contribution in [0.4, 0.5) is 0 Å². The third kappa shape index (κ3) is 2.70. The number of rotatable bonds is 4. The van der Waals surface area contributed by atoms with Crippen LogP contribution in [-0.4, -0.2) is 16.8 Å². The highest BCUT2D eigenvalue weighted by Crippen LogP contribution is 2.06. The van der Waals surface area contributed by atoms with Gasteiger partial charge < -0.3 is 5.32 Å². The Balaban J connectivity index is 2.05. The molecule has 0 aliphatic heterocycles. The van der Waals surface area contributed by atoms with Gasteiger partial charge in [-0.05, 0) is 31.2 Å². The van der Waals surface area contributed by atoms with E-state index < -0.39 is 0 Å². The topological polar surface area (TPSA) is 29.9 Å². The fraction of sp³-hybridized carbons (Fsp3) is 0.308. The lowest BCUT2D eigenvalue weighted by atomic mass is 10.1. The predicted molar refractivity (Wildman–Crippen MR) is 65.3 cm³/mol. The van der Waals surface area contributed by atoms with Crippen molar-refractivity contribution in [3.05, 3.63) is 53.3 Å². The molecule has 0 saturated heterocycles. The molecule has 2 aromatic rings. The Hall–Kier alpha value is -1.61. The maximum Gasteiger partial charge on any atom is 0.0659 e. The minimum absolute atomic E-state index is 0.841. The summed E-state index contributed by atoms with van der Waals surface area (Å²) in [6.45, 7) is 3.77. The van der Waals surface area contributed by atoms with Crippen LogP contribution in [0.3, 0.4) is 0 Å². The van der Waals surface area contributed by atoms with Crippen LogP contribution in [0.1, 0.15) is 16.8 Å². The first-order chi connectivity index (χ1) is 7.78. The molecule has 0 amide bonds. The summed E-state index contributed by atoms with van der Waals surface area (Å²) in [6, 6.07) is 10.6. The molecule has 0 radical (unpaired) electrons. The third-order valence-corrected chi connectivity index (χ3v) is 2.52. The molecule has 2 rings (SSSR count). The van der Waals surface area contributed by atoms with Gasteiger partial charge in [-0.1, -0.05) is 24.3 Å². The van der Waals surface area contributed by atoms with E-state index in [0.29, 0.717) is 0 Å². The summed E-state index contributed by atoms with van der Waals surface area (Å²) in [6.07, 6.45) is 2.01. The molecule has 1 heterocycles. The van der Waals surface area contributed by atoms with Gasteiger partial charge in [-0.2, -0.15) is 5.10 Å². The van der Waals surface area contributed by atoms with Crippen molar-refractivity contribution in [2.24, 2.45) is 0 Å². The summed E-state index contributed by atoms with van der Waals surface area (Å²) in [5.41, 5.74) is 3.65. The Morgan fingerprint density at radius 3 is 2.38 bits per heavy atom. The Morgan fingerprint density at radius 2 is 1.81 bits per heavy atom. The Kier molecular flexibility index (Phi) is 3.37. The van der Waals surface area contributed by atoms with Gasteiger partial charge in [0.25, 0.3) is 0 Å². The van der Waals surface area contributed by atoms with E-state index in [1.165, 1.54) is 11.1 Å². The van der Waals surface area contributed by atoms with Crippen LogP contribution >= 0.6 is 0 Å². The highest BCUT2D eigenvalue weighted by atomic mass is 15.3. The molecular formula is C13H17N3. The van der Waals surface area contributed by atoms with Crippen molar-refractivity contribution in [1.29, 1.82) is 0 Å². The molecule has 0 atom stereocenters. The van der Waals surface area contributed by atoms with E-state index in [9.17, 15) is 0 Å². The molecule has 0 unspecified atom stereocenters. The summed E-state index contributed by atoms with van der Waals surface area (Å²) in [5, 5.41) is 7.51. The van der Waals surface area contributed by atoms with Crippen molar-refractivity contribution >= 4 is 0 Å². The van der Waals surface area contributed by atoms with E-state index in [4.69, 9.17) is 0 Å². The van der Waals surface area contributed by atoms with Crippen molar-refractivity contribution in [1.82, 2.24) is 15.1 Å². The molecule has 3 heteroatoms. The Morgan fingerprint density at radius 1 is 1.12 bits per heavy atom. The average molecular weight is 215 g/mol. The van der Waals surface area contributed by atoms with Gasteiger partial charge in [0.15, 0.2) is 0 Å². The van der Waals surface area contributed by atoms with Crippen molar-refractivity contribution in [2.75, 3.05) is 7.05 Å². The minimum Gasteiger partial charge on any atom is -0.316 e. The molecule has 0 aliphatic carbocycles. The molecular weight excluding hydrogens is 198 g/mol. The highest BCUT2D eigenvalue weighted by Gasteiger charge is 1.97. The summed E-state index contributed by atoms with van der Waals surface area (Å²) in [5.74, 6) is 0. The normalized spacial score (nSPS) is 10.6. The van der Waals surface area contributed by atoms with E-state index in [2.05, 4.69) is 34.7 Å². The van der Waals surface area contributed by atoms with Gasteiger partial charge in [-0.3, -0.25) is 4.68 Å². The number of aryl methyl sites for hydroxylation is 1. The molecule has 0 fully saturated rings. The quantitative estimate of drug-likeness (QED) is 0.845. The largest absolute Gasteiger partial charge is 0.316 e. The zero-order chi connectivity index (χ0) is 11.4. The second kappa shape index (κ2) is 4.94. The van der Waals surface area contributed by atoms with Crippen LogP contribution in [0.15, 0.2) is 36.5 Å². The van der Waals surface area contributed by atoms with Crippen molar-refractivity contribution in [3.63, 3.8) is 0 Å². The summed E-state index contributed by atoms with van der Waals surface area (Å²) in [7, 11) is 1.96. The summed E-state index contributed by atoms with van der Waals surface area (Å²) in [4.78, 5) is 0. The fourth-order valence-corrected chi connectivity index (χ4v) is 1.70. The monoisotopic (exact) mass is 215 g/mol. The van der Waals surface area contributed by atoms with E-state index in [1.54, 1.807) is 0 Å². The van der Waals surface area contributed by atoms with Crippen molar-refractivity contribution in [3.8, 4) is 0 Å². The third-order valence-electron chi connectivity index (χ3n) is 2.52. The van der Waals surface area contributed by atoms with E-state index in [1.807, 2.05) is 30.9 Å². The summed E-state index contributed by atoms with van der Waals surface area (Å²) >= 11 is 0. The molecule has 1 aromatic heterocycles. The Bertz CT molecular complexity index is 442. The molecule has 16 heavy (non-hydrogen) atoms. The zero-order valence-electron chi connectivity index (χ0n) is 9.77. The van der Waals surface area contributed by atoms with Crippen LogP contribution in [0.25, 0.3) is 0 Å². The second-order valence-electron chi connectivity index (χ2n) is 4.00. The number of nitrogens with one attached hydrogen (secondary N) is 1. The zero-order valence-corrected chi connectivity index (χ0v) is 9.77. The van der Waals surface area contributed by atoms with E-state index in [-0.39, 0.29) is 0 Å². The molecule has 1 aromatic carbocycles. The summed E-state index contributed by atoms with van der Waals surface area (Å²) < 4.78 is 1.96. The minimum atomic E-state index is 0.841. The van der Waals surface area contributed by atoms with Gasteiger partial charge in [-0.15, -0.1) is 0 Å². The lowest BCUT2D eigenvalue weighted by Gasteiger charge is -2.04. The first-order valence-electron chi connectivity index (χ1n) is 5.50. The van der Waals surface area contributed by atoms with Gasteiger partial charge in [0.1, 0.15) is 0 Å². The van der Waals surface area contributed by atoms with E-state index in [0.717, 1.165) is 18.8 Å². The molecule has 1 N–H and O–H groups in total. The molecule has 3 nitrogen and oxygen atoms in total. The first-order valence-corrected chi connectivity index (χ1v) is 5.50. The van der Waals surface area contributed by atoms with Gasteiger partial charge >= 0.3 is 0 Å². The lowest BCUT2D eigenvalue weighted by Crippen LogP contribution is -2.05. The predicted octanol–water partition coefficient (Wildman–Crippen LogP) is 1.96. The molecule has 0 bridgehead atoms. The van der Waals surface area contributed by atoms with Crippen LogP contribution in [0.2, 0.25) is 0 Å². The van der Waals surface area contributed by atoms with Crippen molar-refractivity contribution in [2.45, 2.75) is 20.0 Å². The van der Waals surface area contributed by atoms with E-state index >= 15 is 0 Å². The molecule has 0 saturated carbocycles. The smallest absolute Gasteiger partial charge is 0.0659 e. The second-order valence-corrected chi connectivity index (χ2v) is 4.00. The SMILES string of the molecule is CNCc1ccc(Cn2ccc(C)n2)cc1. The molecule has 84 valence electrons. The maximum absolute atomic E-state index is 4.37. The van der Waals surface area contributed by atoms with Gasteiger partial charge in [-0.25, -0.2) is 0 Å². The van der Waals surface area contributed by atoms with Gasteiger partial charge in [0, 0.05) is 12.7 Å². The number of hydrogen-bond donors (Lipinski definition) is 1. The molecule has 0 spiro atoms. The number of nitrogens with zero attached hydrogens (tertiary/aromatic N) is 2. The standard InChI is InChI=1S/C13H17N3/c1-11-7-8-16(15-11)10-13-5-3-12(4-6-13)9-14-2/h3-8,14H,9-10H2,1-2H3. The number of benzene rings is 1. The van der Waals surface area contributed by atoms with Crippen LogP contribution < -0.4 is 5.32 Å². The highest BCUT2D eigenvalue weighted by molar-refractivity contribution is 5.22. The maximum atomic E-state index is 4.37. The van der Waals surface area contributed by atoms with Gasteiger partial charge in [0.2, 0.25) is 0 Å². The van der Waals surface area contributed by atoms with Crippen LogP contribution in [0, 0.1) is 6.92 Å². The van der Waals surface area contributed by atoms with Crippen LogP contribution in [-0.2, 0) is 13.1 Å². The van der Waals surface area contributed by atoms with Gasteiger partial charge in [0.05, 0.1) is 12.2 Å². The number of aromatic nitrogens is 2. The fourth-order valence-electron chi connectivity index (χ4n) is 1.70. The number of hydrogen-bond acceptors (Lipinski definition) is 2. The first kappa shape index (κ1) is 10.9. The molecule has 0 aliphatic rings. The lowest BCUT2D eigenvalue weighted by molar-refractivity contribution is 0.679. The Labute approximate surface area is 96.1 Å². The van der Waals surface area contributed by atoms with Crippen molar-refractivity contribution < 1.29 is 0 Å². The average Bonchev–Trinajstić information content (AvgIpc) is 2.67. The van der Waals surface area contributed by atoms with Crippen LogP contribution in [0.5, 0.6) is 0 Å².